The van der Waals surface area contributed by atoms with Crippen molar-refractivity contribution in [3.63, 3.8) is 0 Å². The van der Waals surface area contributed by atoms with Gasteiger partial charge in [-0.1, -0.05) is 221 Å². The molecule has 0 bridgehead atoms. The van der Waals surface area contributed by atoms with Crippen LogP contribution in [-0.4, -0.2) is 19.9 Å². The Hall–Kier alpha value is -6.26. The molecule has 9 rings (SSSR count). The topological polar surface area (TPSA) is 51.6 Å². The first-order valence-electron chi connectivity index (χ1n) is 25.5. The summed E-state index contributed by atoms with van der Waals surface area (Å²) >= 11 is 0. The van der Waals surface area contributed by atoms with Crippen molar-refractivity contribution in [2.45, 2.75) is 143 Å². The van der Waals surface area contributed by atoms with Gasteiger partial charge in [0.05, 0.1) is 5.69 Å². The summed E-state index contributed by atoms with van der Waals surface area (Å²) in [6.07, 6.45) is 14.4. The summed E-state index contributed by atoms with van der Waals surface area (Å²) in [5.41, 5.74) is 16.8. The number of nitrogens with zero attached hydrogens (tertiary/aromatic N) is 4. The lowest BCUT2D eigenvalue weighted by molar-refractivity contribution is 0.590. The van der Waals surface area contributed by atoms with Crippen LogP contribution in [0.4, 0.5) is 0 Å². The van der Waals surface area contributed by atoms with Crippen molar-refractivity contribution in [2.75, 3.05) is 0 Å². The van der Waals surface area contributed by atoms with Crippen molar-refractivity contribution in [3.05, 3.63) is 179 Å². The Morgan fingerprint density at radius 2 is 0.941 bits per heavy atom. The molecule has 1 aliphatic carbocycles. The number of hydrogen-bond acceptors (Lipinski definition) is 4. The number of aryl methyl sites for hydroxylation is 2. The predicted molar refractivity (Wildman–Crippen MR) is 287 cm³/mol. The summed E-state index contributed by atoms with van der Waals surface area (Å²) in [6.45, 7) is 20.5. The molecule has 0 spiro atoms. The van der Waals surface area contributed by atoms with Crippen LogP contribution in [0.15, 0.2) is 140 Å². The Morgan fingerprint density at radius 3 is 1.50 bits per heavy atom. The Kier molecular flexibility index (Phi) is 13.4. The summed E-state index contributed by atoms with van der Waals surface area (Å²) in [5.74, 6) is 1.90. The summed E-state index contributed by atoms with van der Waals surface area (Å²) in [5, 5.41) is 2.12. The first-order valence-corrected chi connectivity index (χ1v) is 25.5. The molecule has 0 amide bonds. The molecule has 8 aromatic rings. The molecule has 2 aromatic heterocycles. The molecule has 2 heterocycles. The molecule has 6 aromatic carbocycles. The highest BCUT2D eigenvalue weighted by Gasteiger charge is 2.41. The van der Waals surface area contributed by atoms with Gasteiger partial charge in [0.25, 0.3) is 0 Å². The Labute approximate surface area is 406 Å². The van der Waals surface area contributed by atoms with Gasteiger partial charge in [0, 0.05) is 39.3 Å². The summed E-state index contributed by atoms with van der Waals surface area (Å²) in [7, 11) is 0. The van der Waals surface area contributed by atoms with Crippen LogP contribution in [0, 0.1) is 0 Å². The minimum atomic E-state index is -0.330. The summed E-state index contributed by atoms with van der Waals surface area (Å²) in [4.78, 5) is 20.9. The van der Waals surface area contributed by atoms with Gasteiger partial charge in [0.1, 0.15) is 0 Å². The van der Waals surface area contributed by atoms with E-state index in [1.54, 1.807) is 0 Å². The first kappa shape index (κ1) is 46.8. The molecule has 0 N–H and O–H groups in total. The van der Waals surface area contributed by atoms with Crippen molar-refractivity contribution in [1.82, 2.24) is 19.9 Å². The molecule has 4 heteroatoms. The molecule has 68 heavy (non-hydrogen) atoms. The first-order chi connectivity index (χ1) is 32.8. The average Bonchev–Trinajstić information content (AvgIpc) is 3.61. The highest BCUT2D eigenvalue weighted by Crippen LogP contribution is 2.54. The second-order valence-electron chi connectivity index (χ2n) is 21.6. The molecule has 0 saturated carbocycles. The normalized spacial score (nSPS) is 14.6. The molecule has 1 aliphatic rings. The standard InChI is InChI=1S/C64H70N4/c1-10-12-14-16-22-43-38-44(23-17-15-13-11-2)40-50(39-43)64(9)56-27-21-20-25-52(56)53-37-32-47(41-57(53)64)58-54-26-19-18-24-51(54)55(42-65-58)61-67-59(45-28-33-48(34-29-45)62(3,4)5)66-60(68-61)46-30-35-49(36-31-46)63(6,7)8/h18-21,24-42H,10-17,22-23H2,1-9H3/t64-/m0/s1. The highest BCUT2D eigenvalue weighted by molar-refractivity contribution is 6.03. The van der Waals surface area contributed by atoms with E-state index in [1.807, 2.05) is 6.20 Å². The second-order valence-corrected chi connectivity index (χ2v) is 21.6. The number of hydrogen-bond donors (Lipinski definition) is 0. The fraction of sp³-hybridized carbons (Fsp3) is 0.344. The fourth-order valence-corrected chi connectivity index (χ4v) is 10.4. The SMILES string of the molecule is CCCCCCc1cc(CCCCCC)cc([C@@]2(C)c3ccccc3-c3ccc(-c4ncc(-c5nc(-c6ccc(C(C)(C)C)cc6)nc(-c6ccc(C(C)(C)C)cc6)n5)c5ccccc45)cc32)c1. The van der Waals surface area contributed by atoms with Crippen LogP contribution in [-0.2, 0) is 29.1 Å². The summed E-state index contributed by atoms with van der Waals surface area (Å²) in [6, 6.07) is 49.7. The molecule has 0 unspecified atom stereocenters. The summed E-state index contributed by atoms with van der Waals surface area (Å²) < 4.78 is 0. The number of aromatic nitrogens is 4. The number of benzene rings is 6. The zero-order valence-corrected chi connectivity index (χ0v) is 42.1. The fourth-order valence-electron chi connectivity index (χ4n) is 10.4. The van der Waals surface area contributed by atoms with Crippen molar-refractivity contribution < 1.29 is 0 Å². The van der Waals surface area contributed by atoms with Crippen molar-refractivity contribution >= 4 is 10.8 Å². The predicted octanol–water partition coefficient (Wildman–Crippen LogP) is 17.3. The van der Waals surface area contributed by atoms with Crippen LogP contribution in [0.2, 0.25) is 0 Å². The van der Waals surface area contributed by atoms with Gasteiger partial charge in [-0.05, 0) is 105 Å². The van der Waals surface area contributed by atoms with E-state index in [2.05, 4.69) is 196 Å². The average molecular weight is 895 g/mol. The Balaban J connectivity index is 1.16. The molecular formula is C64H70N4. The molecular weight excluding hydrogens is 825 g/mol. The van der Waals surface area contributed by atoms with Gasteiger partial charge < -0.3 is 0 Å². The van der Waals surface area contributed by atoms with Crippen molar-refractivity contribution in [1.29, 1.82) is 0 Å². The molecule has 346 valence electrons. The van der Waals surface area contributed by atoms with Crippen LogP contribution in [0.25, 0.3) is 67.3 Å². The third-order valence-corrected chi connectivity index (χ3v) is 14.5. The van der Waals surface area contributed by atoms with Gasteiger partial charge in [-0.25, -0.2) is 15.0 Å². The van der Waals surface area contributed by atoms with E-state index < -0.39 is 0 Å². The van der Waals surface area contributed by atoms with Crippen LogP contribution in [0.3, 0.4) is 0 Å². The minimum Gasteiger partial charge on any atom is -0.255 e. The van der Waals surface area contributed by atoms with E-state index in [9.17, 15) is 0 Å². The van der Waals surface area contributed by atoms with Crippen LogP contribution in [0.5, 0.6) is 0 Å². The number of fused-ring (bicyclic) bond motifs is 4. The maximum atomic E-state index is 5.36. The van der Waals surface area contributed by atoms with Gasteiger partial charge >= 0.3 is 0 Å². The second kappa shape index (κ2) is 19.4. The van der Waals surface area contributed by atoms with Crippen molar-refractivity contribution in [3.8, 4) is 56.5 Å². The van der Waals surface area contributed by atoms with E-state index >= 15 is 0 Å². The smallest absolute Gasteiger partial charge is 0.166 e. The number of rotatable bonds is 15. The number of unbranched alkanes of at least 4 members (excludes halogenated alkanes) is 6. The van der Waals surface area contributed by atoms with Gasteiger partial charge in [-0.3, -0.25) is 4.98 Å². The minimum absolute atomic E-state index is 0.0340. The molecule has 0 radical (unpaired) electrons. The van der Waals surface area contributed by atoms with Crippen LogP contribution < -0.4 is 0 Å². The maximum Gasteiger partial charge on any atom is 0.166 e. The lowest BCUT2D eigenvalue weighted by Crippen LogP contribution is -2.23. The third kappa shape index (κ3) is 9.44. The van der Waals surface area contributed by atoms with E-state index in [4.69, 9.17) is 19.9 Å². The molecule has 0 aliphatic heterocycles. The van der Waals surface area contributed by atoms with Gasteiger partial charge in [-0.2, -0.15) is 0 Å². The molecule has 0 fully saturated rings. The van der Waals surface area contributed by atoms with Crippen molar-refractivity contribution in [2.24, 2.45) is 0 Å². The molecule has 1 atom stereocenters. The molecule has 4 nitrogen and oxygen atoms in total. The van der Waals surface area contributed by atoms with Crippen LogP contribution >= 0.6 is 0 Å². The Morgan fingerprint density at radius 1 is 0.441 bits per heavy atom. The zero-order chi connectivity index (χ0) is 47.6. The molecule has 0 saturated heterocycles. The van der Waals surface area contributed by atoms with E-state index in [0.29, 0.717) is 17.5 Å². The number of pyridine rings is 1. The van der Waals surface area contributed by atoms with Gasteiger partial charge in [0.2, 0.25) is 0 Å². The van der Waals surface area contributed by atoms with Gasteiger partial charge in [0.15, 0.2) is 17.5 Å². The van der Waals surface area contributed by atoms with E-state index in [-0.39, 0.29) is 16.2 Å². The zero-order valence-electron chi connectivity index (χ0n) is 42.1. The quantitative estimate of drug-likeness (QED) is 0.0962. The maximum absolute atomic E-state index is 5.36. The highest BCUT2D eigenvalue weighted by atomic mass is 15.0. The lowest BCUT2D eigenvalue weighted by atomic mass is 9.72. The Bertz CT molecular complexity index is 2950. The van der Waals surface area contributed by atoms with E-state index in [1.165, 1.54) is 101 Å². The van der Waals surface area contributed by atoms with Crippen LogP contribution in [0.1, 0.15) is 153 Å². The van der Waals surface area contributed by atoms with Gasteiger partial charge in [-0.15, -0.1) is 0 Å². The lowest BCUT2D eigenvalue weighted by Gasteiger charge is -2.30. The monoisotopic (exact) mass is 895 g/mol. The largest absolute Gasteiger partial charge is 0.255 e. The third-order valence-electron chi connectivity index (χ3n) is 14.5. The van der Waals surface area contributed by atoms with E-state index in [0.717, 1.165) is 51.6 Å².